The summed E-state index contributed by atoms with van der Waals surface area (Å²) in [5.41, 5.74) is 1.51. The van der Waals surface area contributed by atoms with Gasteiger partial charge in [-0.3, -0.25) is 19.6 Å². The minimum absolute atomic E-state index is 0.0296. The molecular formula is C20H13Cl3N4O6S. The van der Waals surface area contributed by atoms with E-state index in [0.29, 0.717) is 5.02 Å². The Kier molecular flexibility index (Phi) is 7.62. The van der Waals surface area contributed by atoms with Crippen LogP contribution in [0, 0.1) is 10.1 Å². The molecule has 3 rings (SSSR count). The van der Waals surface area contributed by atoms with Crippen molar-refractivity contribution in [2.75, 3.05) is 4.72 Å². The molecule has 3 aromatic carbocycles. The summed E-state index contributed by atoms with van der Waals surface area (Å²) in [4.78, 5) is 22.2. The minimum Gasteiger partial charge on any atom is -0.502 e. The van der Waals surface area contributed by atoms with Crippen molar-refractivity contribution in [3.8, 4) is 5.75 Å². The van der Waals surface area contributed by atoms with Gasteiger partial charge >= 0.3 is 5.69 Å². The number of phenolic OH excluding ortho intramolecular Hbond substituents is 1. The van der Waals surface area contributed by atoms with Gasteiger partial charge < -0.3 is 5.11 Å². The number of amides is 1. The predicted octanol–water partition coefficient (Wildman–Crippen LogP) is 4.83. The van der Waals surface area contributed by atoms with E-state index in [2.05, 4.69) is 15.2 Å². The summed E-state index contributed by atoms with van der Waals surface area (Å²) in [6.45, 7) is 0. The topological polar surface area (TPSA) is 151 Å². The maximum absolute atomic E-state index is 12.8. The number of hydrogen-bond acceptors (Lipinski definition) is 7. The lowest BCUT2D eigenvalue weighted by molar-refractivity contribution is -0.385. The van der Waals surface area contributed by atoms with E-state index in [9.17, 15) is 28.4 Å². The number of hydrogen-bond donors (Lipinski definition) is 3. The zero-order chi connectivity index (χ0) is 25.0. The van der Waals surface area contributed by atoms with Crippen LogP contribution in [0.3, 0.4) is 0 Å². The van der Waals surface area contributed by atoms with Gasteiger partial charge in [-0.15, -0.1) is 0 Å². The van der Waals surface area contributed by atoms with Crippen LogP contribution < -0.4 is 10.1 Å². The predicted molar refractivity (Wildman–Crippen MR) is 129 cm³/mol. The molecule has 10 nitrogen and oxygen atoms in total. The highest BCUT2D eigenvalue weighted by Crippen LogP contribution is 2.32. The third kappa shape index (κ3) is 5.94. The van der Waals surface area contributed by atoms with E-state index in [1.165, 1.54) is 42.5 Å². The first kappa shape index (κ1) is 25.2. The zero-order valence-electron chi connectivity index (χ0n) is 16.7. The van der Waals surface area contributed by atoms with Gasteiger partial charge in [0.15, 0.2) is 0 Å². The second kappa shape index (κ2) is 10.3. The Bertz CT molecular complexity index is 1410. The molecule has 0 saturated carbocycles. The molecule has 0 aliphatic rings. The lowest BCUT2D eigenvalue weighted by atomic mass is 10.2. The number of carbonyl (C=O) groups excluding carboxylic acids is 1. The number of hydrazone groups is 1. The molecule has 0 bridgehead atoms. The largest absolute Gasteiger partial charge is 0.502 e. The molecule has 3 N–H and O–H groups in total. The van der Waals surface area contributed by atoms with Gasteiger partial charge in [0.25, 0.3) is 15.9 Å². The van der Waals surface area contributed by atoms with Crippen molar-refractivity contribution in [2.24, 2.45) is 5.10 Å². The van der Waals surface area contributed by atoms with Crippen molar-refractivity contribution in [1.82, 2.24) is 5.43 Å². The third-order valence-electron chi connectivity index (χ3n) is 4.23. The molecule has 0 heterocycles. The Hall–Kier alpha value is -3.38. The highest BCUT2D eigenvalue weighted by atomic mass is 35.5. The van der Waals surface area contributed by atoms with Crippen LogP contribution in [0.2, 0.25) is 15.1 Å². The molecule has 0 spiro atoms. The maximum Gasteiger partial charge on any atom is 0.312 e. The molecule has 0 aliphatic carbocycles. The number of carbonyl (C=O) groups is 1. The van der Waals surface area contributed by atoms with Crippen molar-refractivity contribution >= 4 is 68.3 Å². The SMILES string of the molecule is O=C(N/N=C\c1cc(Cl)cc([N+](=O)[O-])c1O)c1ccc(Cl)c(S(=O)(=O)Nc2ccc(Cl)cc2)c1. The summed E-state index contributed by atoms with van der Waals surface area (Å²) in [6, 6.07) is 11.6. The fourth-order valence-electron chi connectivity index (χ4n) is 2.65. The first-order valence-electron chi connectivity index (χ1n) is 9.06. The Balaban J connectivity index is 1.81. The van der Waals surface area contributed by atoms with Crippen LogP contribution in [0.15, 0.2) is 64.6 Å². The summed E-state index contributed by atoms with van der Waals surface area (Å²) in [5, 5.41) is 24.8. The van der Waals surface area contributed by atoms with Crippen LogP contribution >= 0.6 is 34.8 Å². The van der Waals surface area contributed by atoms with Gasteiger partial charge in [-0.25, -0.2) is 13.8 Å². The summed E-state index contributed by atoms with van der Waals surface area (Å²) in [6.07, 6.45) is 0.946. The van der Waals surface area contributed by atoms with Gasteiger partial charge in [0.2, 0.25) is 5.75 Å². The normalized spacial score (nSPS) is 11.4. The summed E-state index contributed by atoms with van der Waals surface area (Å²) >= 11 is 17.6. The van der Waals surface area contributed by atoms with Crippen molar-refractivity contribution in [3.05, 3.63) is 90.9 Å². The molecular weight excluding hydrogens is 531 g/mol. The number of benzene rings is 3. The number of phenols is 1. The highest BCUT2D eigenvalue weighted by molar-refractivity contribution is 7.92. The number of nitrogens with one attached hydrogen (secondary N) is 2. The van der Waals surface area contributed by atoms with Gasteiger partial charge in [0.05, 0.1) is 16.2 Å². The summed E-state index contributed by atoms with van der Waals surface area (Å²) in [5.74, 6) is -1.51. The van der Waals surface area contributed by atoms with Crippen LogP contribution in [-0.2, 0) is 10.0 Å². The van der Waals surface area contributed by atoms with Crippen molar-refractivity contribution < 1.29 is 23.2 Å². The van der Waals surface area contributed by atoms with E-state index in [1.807, 2.05) is 0 Å². The molecule has 14 heteroatoms. The first-order chi connectivity index (χ1) is 16.0. The Morgan fingerprint density at radius 1 is 1.03 bits per heavy atom. The van der Waals surface area contributed by atoms with Gasteiger partial charge in [-0.05, 0) is 48.5 Å². The number of halogens is 3. The lowest BCUT2D eigenvalue weighted by Crippen LogP contribution is -2.19. The van der Waals surface area contributed by atoms with Crippen molar-refractivity contribution in [3.63, 3.8) is 0 Å². The summed E-state index contributed by atoms with van der Waals surface area (Å²) in [7, 11) is -4.15. The fourth-order valence-corrected chi connectivity index (χ4v) is 4.58. The molecule has 0 atom stereocenters. The zero-order valence-corrected chi connectivity index (χ0v) is 19.8. The molecule has 0 unspecified atom stereocenters. The average molecular weight is 544 g/mol. The number of nitrogens with zero attached hydrogens (tertiary/aromatic N) is 2. The Morgan fingerprint density at radius 3 is 2.35 bits per heavy atom. The van der Waals surface area contributed by atoms with E-state index < -0.39 is 32.3 Å². The number of aromatic hydroxyl groups is 1. The Morgan fingerprint density at radius 2 is 1.71 bits per heavy atom. The van der Waals surface area contributed by atoms with Gasteiger partial charge in [0, 0.05) is 32.9 Å². The summed E-state index contributed by atoms with van der Waals surface area (Å²) < 4.78 is 27.8. The molecule has 176 valence electrons. The molecule has 0 aliphatic heterocycles. The number of sulfonamides is 1. The molecule has 3 aromatic rings. The van der Waals surface area contributed by atoms with Crippen molar-refractivity contribution in [1.29, 1.82) is 0 Å². The number of nitro benzene ring substituents is 1. The van der Waals surface area contributed by atoms with Crippen LogP contribution in [-0.4, -0.2) is 30.6 Å². The minimum atomic E-state index is -4.15. The fraction of sp³-hybridized carbons (Fsp3) is 0. The smallest absolute Gasteiger partial charge is 0.312 e. The Labute approximate surface area is 208 Å². The molecule has 1 amide bonds. The number of anilines is 1. The van der Waals surface area contributed by atoms with E-state index in [0.717, 1.165) is 18.3 Å². The van der Waals surface area contributed by atoms with Crippen LogP contribution in [0.5, 0.6) is 5.75 Å². The molecule has 0 radical (unpaired) electrons. The van der Waals surface area contributed by atoms with Gasteiger partial charge in [-0.2, -0.15) is 5.10 Å². The number of nitro groups is 1. The standard InChI is InChI=1S/C20H13Cl3N4O6S/c21-13-2-4-15(5-3-13)26-34(32,33)18-8-11(1-6-16(18)23)20(29)25-24-10-12-7-14(22)9-17(19(12)28)27(30)31/h1-10,26,28H,(H,25,29)/b24-10-. The van der Waals surface area contributed by atoms with E-state index in [1.54, 1.807) is 0 Å². The second-order valence-corrected chi connectivity index (χ2v) is 9.51. The van der Waals surface area contributed by atoms with E-state index >= 15 is 0 Å². The molecule has 0 aromatic heterocycles. The van der Waals surface area contributed by atoms with Crippen LogP contribution in [0.4, 0.5) is 11.4 Å². The third-order valence-corrected chi connectivity index (χ3v) is 6.56. The molecule has 0 saturated heterocycles. The highest BCUT2D eigenvalue weighted by Gasteiger charge is 2.21. The monoisotopic (exact) mass is 542 g/mol. The van der Waals surface area contributed by atoms with Gasteiger partial charge in [-0.1, -0.05) is 34.8 Å². The van der Waals surface area contributed by atoms with E-state index in [-0.39, 0.29) is 31.8 Å². The van der Waals surface area contributed by atoms with Gasteiger partial charge in [0.1, 0.15) is 4.90 Å². The van der Waals surface area contributed by atoms with Crippen LogP contribution in [0.25, 0.3) is 0 Å². The lowest BCUT2D eigenvalue weighted by Gasteiger charge is -2.11. The maximum atomic E-state index is 12.8. The number of rotatable bonds is 7. The quantitative estimate of drug-likeness (QED) is 0.221. The van der Waals surface area contributed by atoms with Crippen molar-refractivity contribution in [2.45, 2.75) is 4.90 Å². The molecule has 0 fully saturated rings. The second-order valence-electron chi connectivity index (χ2n) is 6.58. The van der Waals surface area contributed by atoms with E-state index in [4.69, 9.17) is 34.8 Å². The average Bonchev–Trinajstić information content (AvgIpc) is 2.77. The first-order valence-corrected chi connectivity index (χ1v) is 11.7. The van der Waals surface area contributed by atoms with Crippen LogP contribution in [0.1, 0.15) is 15.9 Å². The molecule has 34 heavy (non-hydrogen) atoms.